The van der Waals surface area contributed by atoms with Gasteiger partial charge < -0.3 is 19.5 Å². The summed E-state index contributed by atoms with van der Waals surface area (Å²) in [6.07, 6.45) is 3.49. The number of nitrogens with one attached hydrogen (secondary N) is 1. The largest absolute Gasteiger partial charge is 0.494 e. The topological polar surface area (TPSA) is 70.8 Å². The van der Waals surface area contributed by atoms with Gasteiger partial charge in [-0.3, -0.25) is 9.69 Å². The number of unbranched alkanes of at least 4 members (excludes halogenated alkanes) is 1. The normalized spacial score (nSPS) is 16.8. The molecular formula is C25H30N4O3. The number of fused-ring (bicyclic) bond motifs is 2. The van der Waals surface area contributed by atoms with E-state index in [9.17, 15) is 4.79 Å². The van der Waals surface area contributed by atoms with Gasteiger partial charge in [-0.1, -0.05) is 22.9 Å². The lowest BCUT2D eigenvalue weighted by molar-refractivity contribution is -0.116. The maximum atomic E-state index is 11.6. The summed E-state index contributed by atoms with van der Waals surface area (Å²) in [6, 6.07) is 12.2. The Bertz CT molecular complexity index is 1100. The summed E-state index contributed by atoms with van der Waals surface area (Å²) in [5.74, 6) is 1.88. The summed E-state index contributed by atoms with van der Waals surface area (Å²) in [5.41, 5.74) is 4.16. The number of amides is 1. The molecule has 3 heterocycles. The third-order valence-corrected chi connectivity index (χ3v) is 6.39. The van der Waals surface area contributed by atoms with Gasteiger partial charge in [0.1, 0.15) is 5.75 Å². The number of anilines is 2. The molecule has 0 atom stereocenters. The summed E-state index contributed by atoms with van der Waals surface area (Å²) in [7, 11) is 0. The van der Waals surface area contributed by atoms with E-state index >= 15 is 0 Å². The zero-order valence-electron chi connectivity index (χ0n) is 18.6. The van der Waals surface area contributed by atoms with Crippen LogP contribution in [-0.4, -0.2) is 55.3 Å². The summed E-state index contributed by atoms with van der Waals surface area (Å²) >= 11 is 0. The third kappa shape index (κ3) is 4.58. The highest BCUT2D eigenvalue weighted by Crippen LogP contribution is 2.28. The molecule has 5 rings (SSSR count). The summed E-state index contributed by atoms with van der Waals surface area (Å²) in [4.78, 5) is 16.4. The minimum absolute atomic E-state index is 0.0848. The van der Waals surface area contributed by atoms with E-state index in [0.717, 1.165) is 80.2 Å². The first-order valence-electron chi connectivity index (χ1n) is 11.5. The molecule has 0 bridgehead atoms. The molecule has 3 aromatic rings. The highest BCUT2D eigenvalue weighted by atomic mass is 16.5. The highest BCUT2D eigenvalue weighted by Gasteiger charge is 2.21. The van der Waals surface area contributed by atoms with Gasteiger partial charge in [0.05, 0.1) is 12.0 Å². The monoisotopic (exact) mass is 434 g/mol. The number of aryl methyl sites for hydroxylation is 2. The number of benzene rings is 2. The predicted octanol–water partition coefficient (Wildman–Crippen LogP) is 4.00. The molecule has 7 heteroatoms. The van der Waals surface area contributed by atoms with Gasteiger partial charge >= 0.3 is 0 Å². The number of rotatable bonds is 7. The van der Waals surface area contributed by atoms with Crippen LogP contribution in [0.3, 0.4) is 0 Å². The molecule has 2 aliphatic rings. The Morgan fingerprint density at radius 1 is 1.06 bits per heavy atom. The molecule has 7 nitrogen and oxygen atoms in total. The molecule has 1 saturated heterocycles. The van der Waals surface area contributed by atoms with Crippen LogP contribution in [-0.2, 0) is 11.2 Å². The molecule has 0 radical (unpaired) electrons. The summed E-state index contributed by atoms with van der Waals surface area (Å²) in [5, 5.41) is 8.36. The molecular weight excluding hydrogens is 404 g/mol. The zero-order chi connectivity index (χ0) is 21.9. The van der Waals surface area contributed by atoms with Crippen molar-refractivity contribution in [1.29, 1.82) is 0 Å². The van der Waals surface area contributed by atoms with Crippen LogP contribution in [0.2, 0.25) is 0 Å². The molecule has 32 heavy (non-hydrogen) atoms. The van der Waals surface area contributed by atoms with E-state index in [0.29, 0.717) is 13.0 Å². The van der Waals surface area contributed by atoms with Gasteiger partial charge in [-0.2, -0.15) is 0 Å². The lowest BCUT2D eigenvalue weighted by atomic mass is 10.0. The molecule has 0 unspecified atom stereocenters. The molecule has 1 aromatic heterocycles. The number of carbonyl (C=O) groups excluding carboxylic acids is 1. The van der Waals surface area contributed by atoms with Crippen LogP contribution in [0.25, 0.3) is 11.0 Å². The van der Waals surface area contributed by atoms with Crippen molar-refractivity contribution >= 4 is 28.4 Å². The Balaban J connectivity index is 1.04. The average Bonchev–Trinajstić information content (AvgIpc) is 3.22. The molecule has 0 saturated carbocycles. The predicted molar refractivity (Wildman–Crippen MR) is 126 cm³/mol. The van der Waals surface area contributed by atoms with Gasteiger partial charge in [0.15, 0.2) is 11.4 Å². The Kier molecular flexibility index (Phi) is 5.99. The van der Waals surface area contributed by atoms with Crippen molar-refractivity contribution in [2.45, 2.75) is 32.6 Å². The molecule has 0 spiro atoms. The first-order valence-corrected chi connectivity index (χ1v) is 11.5. The average molecular weight is 435 g/mol. The standard InChI is InChI=1S/C25H30N4O3/c1-18-4-8-23-21(16-18)25(27-32-23)29-13-11-28(12-14-29)10-2-3-15-31-20-7-5-19-6-9-24(30)26-22(19)17-20/h4-5,7-8,16-17H,2-3,6,9-15H2,1H3,(H,26,30). The van der Waals surface area contributed by atoms with Crippen molar-refractivity contribution in [2.75, 3.05) is 49.5 Å². The first-order chi connectivity index (χ1) is 15.7. The lowest BCUT2D eigenvalue weighted by Gasteiger charge is -2.34. The van der Waals surface area contributed by atoms with Crippen LogP contribution in [0, 0.1) is 6.92 Å². The fourth-order valence-corrected chi connectivity index (χ4v) is 4.52. The van der Waals surface area contributed by atoms with Crippen LogP contribution in [0.5, 0.6) is 5.75 Å². The number of carbonyl (C=O) groups is 1. The second-order valence-corrected chi connectivity index (χ2v) is 8.76. The van der Waals surface area contributed by atoms with E-state index in [4.69, 9.17) is 9.26 Å². The van der Waals surface area contributed by atoms with Gasteiger partial charge in [0.2, 0.25) is 5.91 Å². The second kappa shape index (κ2) is 9.20. The van der Waals surface area contributed by atoms with Crippen molar-refractivity contribution in [3.05, 3.63) is 47.5 Å². The van der Waals surface area contributed by atoms with Crippen LogP contribution < -0.4 is 15.0 Å². The molecule has 0 aliphatic carbocycles. The van der Waals surface area contributed by atoms with Crippen molar-refractivity contribution in [2.24, 2.45) is 0 Å². The van der Waals surface area contributed by atoms with E-state index in [2.05, 4.69) is 45.4 Å². The number of nitrogens with zero attached hydrogens (tertiary/aromatic N) is 3. The Morgan fingerprint density at radius 2 is 1.94 bits per heavy atom. The molecule has 1 amide bonds. The summed E-state index contributed by atoms with van der Waals surface area (Å²) < 4.78 is 11.4. The Morgan fingerprint density at radius 3 is 2.81 bits per heavy atom. The van der Waals surface area contributed by atoms with E-state index in [1.165, 1.54) is 11.1 Å². The molecule has 2 aromatic carbocycles. The fourth-order valence-electron chi connectivity index (χ4n) is 4.52. The molecule has 1 N–H and O–H groups in total. The fraction of sp³-hybridized carbons (Fsp3) is 0.440. The lowest BCUT2D eigenvalue weighted by Crippen LogP contribution is -2.46. The van der Waals surface area contributed by atoms with Crippen molar-refractivity contribution in [1.82, 2.24) is 10.1 Å². The van der Waals surface area contributed by atoms with Crippen molar-refractivity contribution < 1.29 is 14.1 Å². The first kappa shape index (κ1) is 20.8. The number of aromatic nitrogens is 1. The zero-order valence-corrected chi connectivity index (χ0v) is 18.6. The molecule has 1 fully saturated rings. The SMILES string of the molecule is Cc1ccc2onc(N3CCN(CCCCOc4ccc5c(c4)NC(=O)CC5)CC3)c2c1. The van der Waals surface area contributed by atoms with E-state index < -0.39 is 0 Å². The Hall–Kier alpha value is -3.06. The van der Waals surface area contributed by atoms with Crippen LogP contribution in [0.15, 0.2) is 40.9 Å². The number of piperazine rings is 1. The summed E-state index contributed by atoms with van der Waals surface area (Å²) in [6.45, 7) is 7.87. The van der Waals surface area contributed by atoms with E-state index in [-0.39, 0.29) is 5.91 Å². The molecule has 168 valence electrons. The highest BCUT2D eigenvalue weighted by molar-refractivity contribution is 5.94. The second-order valence-electron chi connectivity index (χ2n) is 8.76. The Labute approximate surface area is 188 Å². The van der Waals surface area contributed by atoms with E-state index in [1.807, 2.05) is 18.2 Å². The van der Waals surface area contributed by atoms with Gasteiger partial charge in [0.25, 0.3) is 0 Å². The quantitative estimate of drug-likeness (QED) is 0.567. The van der Waals surface area contributed by atoms with Gasteiger partial charge in [-0.15, -0.1) is 0 Å². The van der Waals surface area contributed by atoms with Gasteiger partial charge in [0, 0.05) is 44.4 Å². The van der Waals surface area contributed by atoms with Crippen LogP contribution >= 0.6 is 0 Å². The molecule has 2 aliphatic heterocycles. The van der Waals surface area contributed by atoms with Gasteiger partial charge in [-0.25, -0.2) is 0 Å². The van der Waals surface area contributed by atoms with Crippen LogP contribution in [0.1, 0.15) is 30.4 Å². The van der Waals surface area contributed by atoms with Crippen LogP contribution in [0.4, 0.5) is 11.5 Å². The smallest absolute Gasteiger partial charge is 0.224 e. The third-order valence-electron chi connectivity index (χ3n) is 6.39. The number of hydrogen-bond donors (Lipinski definition) is 1. The minimum Gasteiger partial charge on any atom is -0.494 e. The number of ether oxygens (including phenoxy) is 1. The van der Waals surface area contributed by atoms with E-state index in [1.54, 1.807) is 0 Å². The van der Waals surface area contributed by atoms with Gasteiger partial charge in [-0.05, 0) is 56.5 Å². The number of hydrogen-bond acceptors (Lipinski definition) is 6. The maximum absolute atomic E-state index is 11.6. The van der Waals surface area contributed by atoms with Crippen molar-refractivity contribution in [3.8, 4) is 5.75 Å². The maximum Gasteiger partial charge on any atom is 0.224 e. The minimum atomic E-state index is 0.0848. The van der Waals surface area contributed by atoms with Crippen molar-refractivity contribution in [3.63, 3.8) is 0 Å².